The Morgan fingerprint density at radius 1 is 1.45 bits per heavy atom. The first-order valence-corrected chi connectivity index (χ1v) is 8.07. The highest BCUT2D eigenvalue weighted by Crippen LogP contribution is 2.23. The maximum atomic E-state index is 6.04. The molecule has 0 aromatic carbocycles. The van der Waals surface area contributed by atoms with Gasteiger partial charge < -0.3 is 9.14 Å². The zero-order valence-electron chi connectivity index (χ0n) is 11.9. The monoisotopic (exact) mass is 337 g/mol. The van der Waals surface area contributed by atoms with Gasteiger partial charge in [0.2, 0.25) is 0 Å². The van der Waals surface area contributed by atoms with Gasteiger partial charge in [-0.1, -0.05) is 22.0 Å². The van der Waals surface area contributed by atoms with E-state index in [1.807, 2.05) is 24.4 Å². The Morgan fingerprint density at radius 2 is 2.30 bits per heavy atom. The summed E-state index contributed by atoms with van der Waals surface area (Å²) in [7, 11) is 0. The molecule has 1 aliphatic heterocycles. The molecule has 0 saturated carbocycles. The van der Waals surface area contributed by atoms with E-state index >= 15 is 0 Å². The number of fused-ring (bicyclic) bond motifs is 1. The third-order valence-electron chi connectivity index (χ3n) is 3.52. The van der Waals surface area contributed by atoms with E-state index in [0.717, 1.165) is 36.3 Å². The van der Waals surface area contributed by atoms with Crippen LogP contribution in [-0.2, 0) is 11.3 Å². The van der Waals surface area contributed by atoms with Crippen LogP contribution in [0, 0.1) is 0 Å². The van der Waals surface area contributed by atoms with Crippen molar-refractivity contribution in [2.75, 3.05) is 18.4 Å². The largest absolute Gasteiger partial charge is 0.369 e. The Labute approximate surface area is 127 Å². The summed E-state index contributed by atoms with van der Waals surface area (Å²) in [5.41, 5.74) is 2.02. The summed E-state index contributed by atoms with van der Waals surface area (Å²) in [4.78, 5) is 7.10. The first-order valence-electron chi connectivity index (χ1n) is 6.94. The lowest BCUT2D eigenvalue weighted by atomic mass is 10.1. The van der Waals surface area contributed by atoms with Gasteiger partial charge in [-0.05, 0) is 26.0 Å². The van der Waals surface area contributed by atoms with Crippen molar-refractivity contribution in [3.05, 3.63) is 36.3 Å². The Balaban J connectivity index is 1.76. The quantitative estimate of drug-likeness (QED) is 0.806. The highest BCUT2D eigenvalue weighted by Gasteiger charge is 2.32. The lowest BCUT2D eigenvalue weighted by Crippen LogP contribution is -2.52. The average molecular weight is 338 g/mol. The van der Waals surface area contributed by atoms with Gasteiger partial charge in [0.05, 0.1) is 17.4 Å². The van der Waals surface area contributed by atoms with E-state index in [0.29, 0.717) is 0 Å². The van der Waals surface area contributed by atoms with Gasteiger partial charge in [-0.25, -0.2) is 4.98 Å². The molecule has 20 heavy (non-hydrogen) atoms. The van der Waals surface area contributed by atoms with E-state index in [9.17, 15) is 0 Å². The van der Waals surface area contributed by atoms with Crippen LogP contribution >= 0.6 is 15.9 Å². The lowest BCUT2D eigenvalue weighted by molar-refractivity contribution is -0.128. The minimum atomic E-state index is -0.101. The third kappa shape index (κ3) is 3.05. The summed E-state index contributed by atoms with van der Waals surface area (Å²) >= 11 is 3.53. The molecule has 4 nitrogen and oxygen atoms in total. The first-order chi connectivity index (χ1) is 9.55. The summed E-state index contributed by atoms with van der Waals surface area (Å²) in [5.74, 6) is 0. The summed E-state index contributed by atoms with van der Waals surface area (Å²) in [5, 5.41) is 0.873. The molecule has 0 N–H and O–H groups in total. The molecule has 0 bridgehead atoms. The van der Waals surface area contributed by atoms with Crippen LogP contribution in [0.5, 0.6) is 0 Å². The van der Waals surface area contributed by atoms with Crippen molar-refractivity contribution < 1.29 is 4.74 Å². The van der Waals surface area contributed by atoms with Crippen molar-refractivity contribution in [1.82, 2.24) is 14.3 Å². The summed E-state index contributed by atoms with van der Waals surface area (Å²) < 4.78 is 8.11. The van der Waals surface area contributed by atoms with Crippen molar-refractivity contribution in [2.45, 2.75) is 32.1 Å². The van der Waals surface area contributed by atoms with Crippen molar-refractivity contribution in [2.24, 2.45) is 0 Å². The second-order valence-corrected chi connectivity index (χ2v) is 6.67. The fraction of sp³-hybridized carbons (Fsp3) is 0.533. The van der Waals surface area contributed by atoms with Gasteiger partial charge in [0, 0.05) is 37.4 Å². The topological polar surface area (TPSA) is 29.8 Å². The van der Waals surface area contributed by atoms with Crippen LogP contribution < -0.4 is 0 Å². The molecule has 5 heteroatoms. The van der Waals surface area contributed by atoms with Gasteiger partial charge in [-0.15, -0.1) is 0 Å². The number of imidazole rings is 1. The molecule has 0 spiro atoms. The maximum Gasteiger partial charge on any atom is 0.137 e. The van der Waals surface area contributed by atoms with Gasteiger partial charge in [-0.2, -0.15) is 0 Å². The molecular formula is C15H20BrN3O. The zero-order valence-corrected chi connectivity index (χ0v) is 13.5. The minimum Gasteiger partial charge on any atom is -0.369 e. The molecule has 2 aromatic rings. The molecule has 1 fully saturated rings. The fourth-order valence-corrected chi connectivity index (χ4v) is 3.25. The van der Waals surface area contributed by atoms with Crippen LogP contribution in [0.2, 0.25) is 0 Å². The Morgan fingerprint density at radius 3 is 3.05 bits per heavy atom. The van der Waals surface area contributed by atoms with Crippen molar-refractivity contribution in [3.63, 3.8) is 0 Å². The molecule has 1 saturated heterocycles. The molecule has 1 unspecified atom stereocenters. The molecule has 1 aliphatic rings. The van der Waals surface area contributed by atoms with Gasteiger partial charge in [-0.3, -0.25) is 4.90 Å². The second-order valence-electron chi connectivity index (χ2n) is 6.02. The van der Waals surface area contributed by atoms with Crippen molar-refractivity contribution >= 4 is 21.6 Å². The van der Waals surface area contributed by atoms with Gasteiger partial charge >= 0.3 is 0 Å². The van der Waals surface area contributed by atoms with E-state index in [1.54, 1.807) is 0 Å². The number of ether oxygens (including phenoxy) is 1. The maximum absolute atomic E-state index is 6.04. The number of morpholine rings is 1. The van der Waals surface area contributed by atoms with Crippen LogP contribution in [0.25, 0.3) is 5.65 Å². The van der Waals surface area contributed by atoms with Crippen molar-refractivity contribution in [1.29, 1.82) is 0 Å². The highest BCUT2D eigenvalue weighted by molar-refractivity contribution is 9.09. The van der Waals surface area contributed by atoms with E-state index in [2.05, 4.69) is 50.3 Å². The van der Waals surface area contributed by atoms with Gasteiger partial charge in [0.25, 0.3) is 0 Å². The number of pyridine rings is 1. The Kier molecular flexibility index (Phi) is 3.84. The van der Waals surface area contributed by atoms with Crippen molar-refractivity contribution in [3.8, 4) is 0 Å². The van der Waals surface area contributed by atoms with Crippen LogP contribution in [0.1, 0.15) is 19.5 Å². The molecule has 2 aromatic heterocycles. The smallest absolute Gasteiger partial charge is 0.137 e. The predicted octanol–water partition coefficient (Wildman–Crippen LogP) is 2.71. The first kappa shape index (κ1) is 14.0. The number of hydrogen-bond acceptors (Lipinski definition) is 3. The molecule has 3 rings (SSSR count). The summed E-state index contributed by atoms with van der Waals surface area (Å²) in [6.07, 6.45) is 4.40. The summed E-state index contributed by atoms with van der Waals surface area (Å²) in [6.45, 7) is 7.06. The molecule has 0 amide bonds. The molecule has 108 valence electrons. The molecule has 1 atom stereocenters. The van der Waals surface area contributed by atoms with E-state index in [1.165, 1.54) is 0 Å². The van der Waals surface area contributed by atoms with Gasteiger partial charge in [0.1, 0.15) is 5.65 Å². The summed E-state index contributed by atoms with van der Waals surface area (Å²) in [6, 6.07) is 6.08. The third-order valence-corrected chi connectivity index (χ3v) is 4.25. The lowest BCUT2D eigenvalue weighted by Gasteiger charge is -2.42. The highest BCUT2D eigenvalue weighted by atomic mass is 79.9. The van der Waals surface area contributed by atoms with E-state index < -0.39 is 0 Å². The molecule has 3 heterocycles. The van der Waals surface area contributed by atoms with E-state index in [-0.39, 0.29) is 11.7 Å². The second kappa shape index (κ2) is 5.47. The normalized spacial score (nSPS) is 23.2. The number of halogens is 1. The van der Waals surface area contributed by atoms with E-state index in [4.69, 9.17) is 4.74 Å². The Hall–Kier alpha value is -0.910. The number of alkyl halides is 1. The average Bonchev–Trinajstić information content (AvgIpc) is 2.78. The SMILES string of the molecule is CC1(C)CN(Cc2cn3ccccc3n2)CC(CBr)O1. The number of nitrogens with zero attached hydrogens (tertiary/aromatic N) is 3. The number of rotatable bonds is 3. The molecule has 0 aliphatic carbocycles. The predicted molar refractivity (Wildman–Crippen MR) is 83.2 cm³/mol. The minimum absolute atomic E-state index is 0.101. The standard InChI is InChI=1S/C15H20BrN3O/c1-15(2)11-18(10-13(7-16)20-15)8-12-9-19-6-4-3-5-14(19)17-12/h3-6,9,13H,7-8,10-11H2,1-2H3. The zero-order chi connectivity index (χ0) is 14.2. The molecular weight excluding hydrogens is 318 g/mol. The van der Waals surface area contributed by atoms with Crippen LogP contribution in [0.3, 0.4) is 0 Å². The number of aromatic nitrogens is 2. The number of hydrogen-bond donors (Lipinski definition) is 0. The fourth-order valence-electron chi connectivity index (χ4n) is 2.91. The van der Waals surface area contributed by atoms with Gasteiger partial charge in [0.15, 0.2) is 0 Å². The molecule has 0 radical (unpaired) electrons. The Bertz CT molecular complexity index is 563. The van der Waals surface area contributed by atoms with Crippen LogP contribution in [0.4, 0.5) is 0 Å². The van der Waals surface area contributed by atoms with Crippen LogP contribution in [0.15, 0.2) is 30.6 Å². The van der Waals surface area contributed by atoms with Crippen LogP contribution in [-0.4, -0.2) is 44.4 Å².